The number of halogens is 1. The maximum Gasteiger partial charge on any atom is 0.222 e. The number of nitrogens with one attached hydrogen (secondary N) is 1. The fourth-order valence-electron chi connectivity index (χ4n) is 3.42. The number of nitrogen functional groups attached to an aromatic ring is 1. The molecule has 1 aliphatic carbocycles. The molecule has 4 N–H and O–H groups in total. The van der Waals surface area contributed by atoms with Gasteiger partial charge in [0.05, 0.1) is 18.1 Å². The number of nitrogens with two attached hydrogens (primary N) is 1. The van der Waals surface area contributed by atoms with Crippen molar-refractivity contribution in [1.29, 1.82) is 0 Å². The number of rotatable bonds is 8. The van der Waals surface area contributed by atoms with Crippen LogP contribution in [0.1, 0.15) is 35.9 Å². The van der Waals surface area contributed by atoms with Gasteiger partial charge < -0.3 is 20.9 Å². The van der Waals surface area contributed by atoms with Crippen LogP contribution in [-0.2, 0) is 0 Å². The van der Waals surface area contributed by atoms with E-state index < -0.39 is 11.9 Å². The van der Waals surface area contributed by atoms with Gasteiger partial charge in [-0.2, -0.15) is 0 Å². The Morgan fingerprint density at radius 1 is 1.13 bits per heavy atom. The molecule has 2 heterocycles. The average Bonchev–Trinajstić information content (AvgIpc) is 2.73. The molecular formula is C21H23FN6O2. The van der Waals surface area contributed by atoms with Crippen molar-refractivity contribution in [2.45, 2.75) is 30.8 Å². The van der Waals surface area contributed by atoms with Gasteiger partial charge in [0.15, 0.2) is 11.6 Å². The fraction of sp³-hybridized carbons (Fsp3) is 0.333. The molecule has 1 saturated carbocycles. The van der Waals surface area contributed by atoms with Crippen molar-refractivity contribution in [3.8, 4) is 5.75 Å². The Bertz CT molecular complexity index is 967. The highest BCUT2D eigenvalue weighted by Crippen LogP contribution is 2.47. The Labute approximate surface area is 173 Å². The van der Waals surface area contributed by atoms with Gasteiger partial charge in [0.1, 0.15) is 18.5 Å². The molecular weight excluding hydrogens is 387 g/mol. The molecule has 1 aromatic carbocycles. The van der Waals surface area contributed by atoms with E-state index in [0.717, 1.165) is 24.1 Å². The van der Waals surface area contributed by atoms with E-state index in [1.54, 1.807) is 36.9 Å². The van der Waals surface area contributed by atoms with Crippen LogP contribution < -0.4 is 15.8 Å². The lowest BCUT2D eigenvalue weighted by Crippen LogP contribution is -2.27. The van der Waals surface area contributed by atoms with E-state index in [1.165, 1.54) is 6.07 Å². The van der Waals surface area contributed by atoms with Crippen LogP contribution >= 0.6 is 0 Å². The van der Waals surface area contributed by atoms with Gasteiger partial charge in [-0.05, 0) is 42.5 Å². The van der Waals surface area contributed by atoms with Crippen molar-refractivity contribution < 1.29 is 14.2 Å². The summed E-state index contributed by atoms with van der Waals surface area (Å²) in [5.41, 5.74) is 7.42. The van der Waals surface area contributed by atoms with Gasteiger partial charge in [-0.1, -0.05) is 6.07 Å². The Morgan fingerprint density at radius 3 is 2.63 bits per heavy atom. The minimum atomic E-state index is -0.832. The zero-order chi connectivity index (χ0) is 20.9. The van der Waals surface area contributed by atoms with Crippen LogP contribution in [0.4, 0.5) is 16.2 Å². The molecule has 8 nitrogen and oxygen atoms in total. The predicted molar refractivity (Wildman–Crippen MR) is 110 cm³/mol. The summed E-state index contributed by atoms with van der Waals surface area (Å²) >= 11 is 0. The summed E-state index contributed by atoms with van der Waals surface area (Å²) in [6.45, 7) is 0.151. The molecule has 0 radical (unpaired) electrons. The lowest BCUT2D eigenvalue weighted by Gasteiger charge is -2.35. The van der Waals surface area contributed by atoms with E-state index in [0.29, 0.717) is 17.7 Å². The van der Waals surface area contributed by atoms with Gasteiger partial charge in [-0.3, -0.25) is 4.98 Å². The van der Waals surface area contributed by atoms with Crippen molar-refractivity contribution in [2.75, 3.05) is 24.2 Å². The minimum absolute atomic E-state index is 0.0442. The molecule has 0 bridgehead atoms. The van der Waals surface area contributed by atoms with Crippen LogP contribution in [0.3, 0.4) is 0 Å². The molecule has 1 unspecified atom stereocenters. The number of aliphatic hydroxyl groups is 1. The first-order valence-electron chi connectivity index (χ1n) is 9.77. The monoisotopic (exact) mass is 410 g/mol. The largest absolute Gasteiger partial charge is 0.488 e. The summed E-state index contributed by atoms with van der Waals surface area (Å²) in [5, 5.41) is 12.9. The molecule has 1 atom stereocenters. The molecule has 3 aromatic rings. The summed E-state index contributed by atoms with van der Waals surface area (Å²) < 4.78 is 19.9. The van der Waals surface area contributed by atoms with Crippen LogP contribution in [0.25, 0.3) is 0 Å². The van der Waals surface area contributed by atoms with Gasteiger partial charge in [0.25, 0.3) is 0 Å². The molecule has 1 fully saturated rings. The number of nitrogens with zero attached hydrogens (tertiary/aromatic N) is 4. The standard InChI is InChI=1S/C21H23FN6O2/c22-17-8-13(14-6-15(7-14)18-10-27-20(23)11-26-18)2-3-19(17)30-12-16(29)9-28-21-24-4-1-5-25-21/h1-5,8,10-11,14-16,29H,6-7,9,12H2,(H2,23,27)(H,24,25,28). The molecule has 4 rings (SSSR count). The van der Waals surface area contributed by atoms with Gasteiger partial charge in [0, 0.05) is 24.9 Å². The Balaban J connectivity index is 1.26. The highest BCUT2D eigenvalue weighted by Gasteiger charge is 2.33. The molecule has 156 valence electrons. The number of benzene rings is 1. The van der Waals surface area contributed by atoms with E-state index in [9.17, 15) is 9.50 Å². The van der Waals surface area contributed by atoms with Crippen LogP contribution in [0.2, 0.25) is 0 Å². The number of aliphatic hydroxyl groups excluding tert-OH is 1. The Morgan fingerprint density at radius 2 is 1.93 bits per heavy atom. The predicted octanol–water partition coefficient (Wildman–Crippen LogP) is 2.50. The van der Waals surface area contributed by atoms with Gasteiger partial charge in [-0.25, -0.2) is 19.3 Å². The number of aromatic nitrogens is 4. The quantitative estimate of drug-likeness (QED) is 0.518. The third-order valence-electron chi connectivity index (χ3n) is 5.17. The highest BCUT2D eigenvalue weighted by atomic mass is 19.1. The molecule has 9 heteroatoms. The maximum absolute atomic E-state index is 14.5. The Hall–Kier alpha value is -3.33. The maximum atomic E-state index is 14.5. The SMILES string of the molecule is Nc1cnc(C2CC(c3ccc(OCC(O)CNc4ncccn4)c(F)c3)C2)cn1. The molecule has 1 aliphatic rings. The van der Waals surface area contributed by atoms with Crippen LogP contribution in [0.5, 0.6) is 5.75 Å². The smallest absolute Gasteiger partial charge is 0.222 e. The second-order valence-corrected chi connectivity index (χ2v) is 7.34. The topological polar surface area (TPSA) is 119 Å². The van der Waals surface area contributed by atoms with Crippen molar-refractivity contribution in [3.05, 3.63) is 66.1 Å². The van der Waals surface area contributed by atoms with Gasteiger partial charge >= 0.3 is 0 Å². The number of hydrogen-bond acceptors (Lipinski definition) is 8. The number of hydrogen-bond donors (Lipinski definition) is 3. The van der Waals surface area contributed by atoms with Crippen molar-refractivity contribution in [3.63, 3.8) is 0 Å². The molecule has 0 aliphatic heterocycles. The summed E-state index contributed by atoms with van der Waals surface area (Å²) in [6.07, 6.45) is 7.42. The first-order chi connectivity index (χ1) is 14.6. The molecule has 0 saturated heterocycles. The van der Waals surface area contributed by atoms with E-state index in [1.807, 2.05) is 6.07 Å². The lowest BCUT2D eigenvalue weighted by molar-refractivity contribution is 0.115. The van der Waals surface area contributed by atoms with E-state index >= 15 is 0 Å². The molecule has 30 heavy (non-hydrogen) atoms. The van der Waals surface area contributed by atoms with Crippen molar-refractivity contribution >= 4 is 11.8 Å². The zero-order valence-electron chi connectivity index (χ0n) is 16.3. The first kappa shape index (κ1) is 20.0. The normalized spacial score (nSPS) is 19.0. The van der Waals surface area contributed by atoms with Crippen LogP contribution in [0.15, 0.2) is 49.1 Å². The van der Waals surface area contributed by atoms with Gasteiger partial charge in [0.2, 0.25) is 5.95 Å². The summed E-state index contributed by atoms with van der Waals surface area (Å²) in [6, 6.07) is 6.69. The summed E-state index contributed by atoms with van der Waals surface area (Å²) in [5.74, 6) is 1.10. The van der Waals surface area contributed by atoms with Gasteiger partial charge in [-0.15, -0.1) is 0 Å². The fourth-order valence-corrected chi connectivity index (χ4v) is 3.42. The van der Waals surface area contributed by atoms with E-state index in [4.69, 9.17) is 10.5 Å². The van der Waals surface area contributed by atoms with E-state index in [2.05, 4.69) is 25.3 Å². The molecule has 0 amide bonds. The van der Waals surface area contributed by atoms with Crippen molar-refractivity contribution in [2.24, 2.45) is 0 Å². The second kappa shape index (κ2) is 9.00. The molecule has 2 aromatic heterocycles. The second-order valence-electron chi connectivity index (χ2n) is 7.34. The summed E-state index contributed by atoms with van der Waals surface area (Å²) in [7, 11) is 0. The third-order valence-corrected chi connectivity index (χ3v) is 5.17. The van der Waals surface area contributed by atoms with E-state index in [-0.39, 0.29) is 24.8 Å². The number of ether oxygens (including phenoxy) is 1. The minimum Gasteiger partial charge on any atom is -0.488 e. The summed E-state index contributed by atoms with van der Waals surface area (Å²) in [4.78, 5) is 16.4. The molecule has 0 spiro atoms. The lowest BCUT2D eigenvalue weighted by atomic mass is 9.70. The number of anilines is 2. The third kappa shape index (κ3) is 4.80. The first-order valence-corrected chi connectivity index (χ1v) is 9.77. The van der Waals surface area contributed by atoms with Crippen LogP contribution in [0, 0.1) is 5.82 Å². The van der Waals surface area contributed by atoms with Crippen molar-refractivity contribution in [1.82, 2.24) is 19.9 Å². The average molecular weight is 410 g/mol. The highest BCUT2D eigenvalue weighted by molar-refractivity contribution is 5.34. The van der Waals surface area contributed by atoms with Crippen LogP contribution in [-0.4, -0.2) is 44.3 Å². The zero-order valence-corrected chi connectivity index (χ0v) is 16.3. The Kier molecular flexibility index (Phi) is 5.99.